The molecule has 0 N–H and O–H groups in total. The van der Waals surface area contributed by atoms with Gasteiger partial charge < -0.3 is 4.74 Å². The third-order valence-corrected chi connectivity index (χ3v) is 2.73. The van der Waals surface area contributed by atoms with Crippen LogP contribution in [0.5, 0.6) is 5.75 Å². The Morgan fingerprint density at radius 1 is 1.44 bits per heavy atom. The average Bonchev–Trinajstić information content (AvgIpc) is 3.03. The summed E-state index contributed by atoms with van der Waals surface area (Å²) >= 11 is 0. The molecule has 16 heavy (non-hydrogen) atoms. The first-order valence-electron chi connectivity index (χ1n) is 4.76. The van der Waals surface area contributed by atoms with Crippen molar-refractivity contribution in [3.05, 3.63) is 29.3 Å². The van der Waals surface area contributed by atoms with Gasteiger partial charge in [0.15, 0.2) is 11.6 Å². The monoisotopic (exact) mass is 225 g/mol. The number of carbonyl (C=O) groups excluding carboxylic acids is 1. The van der Waals surface area contributed by atoms with Crippen LogP contribution >= 0.6 is 0 Å². The van der Waals surface area contributed by atoms with Crippen molar-refractivity contribution in [3.8, 4) is 5.75 Å². The zero-order chi connectivity index (χ0) is 11.8. The lowest BCUT2D eigenvalue weighted by atomic mass is 10.0. The standard InChI is InChI=1S/C11H9F2NO2/c1-16-8-3-2-7(12)10(13)9(8)11(4-5-11)14-6-15/h2-3H,4-5H2,1H3. The maximum atomic E-state index is 13.7. The second kappa shape index (κ2) is 3.68. The van der Waals surface area contributed by atoms with Gasteiger partial charge in [-0.1, -0.05) is 0 Å². The van der Waals surface area contributed by atoms with E-state index in [0.717, 1.165) is 6.07 Å². The summed E-state index contributed by atoms with van der Waals surface area (Å²) < 4.78 is 31.7. The fourth-order valence-corrected chi connectivity index (χ4v) is 1.76. The molecule has 1 fully saturated rings. The molecule has 1 saturated carbocycles. The Hall–Kier alpha value is -1.74. The van der Waals surface area contributed by atoms with Crippen LogP contribution in [0, 0.1) is 11.6 Å². The average molecular weight is 225 g/mol. The molecule has 84 valence electrons. The first-order valence-corrected chi connectivity index (χ1v) is 4.76. The predicted molar refractivity (Wildman–Crippen MR) is 51.9 cm³/mol. The van der Waals surface area contributed by atoms with Gasteiger partial charge in [-0.3, -0.25) is 0 Å². The molecule has 5 heteroatoms. The Morgan fingerprint density at radius 2 is 2.12 bits per heavy atom. The fourth-order valence-electron chi connectivity index (χ4n) is 1.76. The third kappa shape index (κ3) is 1.49. The highest BCUT2D eigenvalue weighted by Crippen LogP contribution is 2.53. The fraction of sp³-hybridized carbons (Fsp3) is 0.364. The smallest absolute Gasteiger partial charge is 0.235 e. The molecule has 1 aliphatic rings. The molecule has 1 aliphatic carbocycles. The van der Waals surface area contributed by atoms with Crippen molar-refractivity contribution >= 4 is 6.08 Å². The van der Waals surface area contributed by atoms with Crippen LogP contribution in [0.25, 0.3) is 0 Å². The minimum atomic E-state index is -1.00. The summed E-state index contributed by atoms with van der Waals surface area (Å²) in [4.78, 5) is 13.8. The third-order valence-electron chi connectivity index (χ3n) is 2.73. The van der Waals surface area contributed by atoms with Crippen molar-refractivity contribution in [3.63, 3.8) is 0 Å². The Bertz CT molecular complexity index is 477. The Labute approximate surface area is 90.8 Å². The summed E-state index contributed by atoms with van der Waals surface area (Å²) in [6.07, 6.45) is 2.40. The lowest BCUT2D eigenvalue weighted by Gasteiger charge is -2.14. The molecule has 0 unspecified atom stereocenters. The second-order valence-electron chi connectivity index (χ2n) is 3.67. The van der Waals surface area contributed by atoms with E-state index in [1.165, 1.54) is 19.3 Å². The van der Waals surface area contributed by atoms with Gasteiger partial charge in [0.1, 0.15) is 11.3 Å². The minimum Gasteiger partial charge on any atom is -0.496 e. The van der Waals surface area contributed by atoms with Crippen LogP contribution in [0.2, 0.25) is 0 Å². The van der Waals surface area contributed by atoms with Gasteiger partial charge in [0.2, 0.25) is 6.08 Å². The van der Waals surface area contributed by atoms with Crippen molar-refractivity contribution in [2.24, 2.45) is 4.99 Å². The number of rotatable bonds is 3. The van der Waals surface area contributed by atoms with E-state index in [2.05, 4.69) is 4.99 Å². The molecule has 0 bridgehead atoms. The summed E-state index contributed by atoms with van der Waals surface area (Å²) in [7, 11) is 1.36. The molecule has 0 aromatic heterocycles. The highest BCUT2D eigenvalue weighted by atomic mass is 19.2. The molecule has 3 nitrogen and oxygen atoms in total. The molecule has 1 aromatic carbocycles. The highest BCUT2D eigenvalue weighted by Gasteiger charge is 2.49. The van der Waals surface area contributed by atoms with Crippen LogP contribution in [-0.4, -0.2) is 13.2 Å². The first kappa shape index (κ1) is 10.8. The molecule has 0 amide bonds. The van der Waals surface area contributed by atoms with E-state index >= 15 is 0 Å². The number of halogens is 2. The maximum Gasteiger partial charge on any atom is 0.235 e. The van der Waals surface area contributed by atoms with E-state index in [0.29, 0.717) is 12.8 Å². The summed E-state index contributed by atoms with van der Waals surface area (Å²) in [6, 6.07) is 2.31. The molecule has 1 aromatic rings. The number of aliphatic imine (C=N–C) groups is 1. The molecule has 0 aliphatic heterocycles. The van der Waals surface area contributed by atoms with Gasteiger partial charge in [0.25, 0.3) is 0 Å². The number of nitrogens with zero attached hydrogens (tertiary/aromatic N) is 1. The van der Waals surface area contributed by atoms with Crippen LogP contribution < -0.4 is 4.74 Å². The SMILES string of the molecule is COc1ccc(F)c(F)c1C1(N=C=O)CC1. The largest absolute Gasteiger partial charge is 0.496 e. The lowest BCUT2D eigenvalue weighted by Crippen LogP contribution is -2.09. The number of hydrogen-bond donors (Lipinski definition) is 0. The van der Waals surface area contributed by atoms with Gasteiger partial charge in [-0.05, 0) is 25.0 Å². The topological polar surface area (TPSA) is 38.7 Å². The van der Waals surface area contributed by atoms with Gasteiger partial charge in [-0.15, -0.1) is 0 Å². The Morgan fingerprint density at radius 3 is 2.62 bits per heavy atom. The zero-order valence-electron chi connectivity index (χ0n) is 8.59. The van der Waals surface area contributed by atoms with Gasteiger partial charge in [-0.2, -0.15) is 4.99 Å². The van der Waals surface area contributed by atoms with Crippen LogP contribution in [0.1, 0.15) is 18.4 Å². The Kier molecular flexibility index (Phi) is 2.48. The number of hydrogen-bond acceptors (Lipinski definition) is 3. The van der Waals surface area contributed by atoms with E-state index < -0.39 is 17.2 Å². The van der Waals surface area contributed by atoms with E-state index in [4.69, 9.17) is 4.74 Å². The van der Waals surface area contributed by atoms with Crippen LogP contribution in [0.15, 0.2) is 17.1 Å². The van der Waals surface area contributed by atoms with Gasteiger partial charge in [0, 0.05) is 0 Å². The van der Waals surface area contributed by atoms with Crippen LogP contribution in [0.4, 0.5) is 8.78 Å². The van der Waals surface area contributed by atoms with Gasteiger partial charge >= 0.3 is 0 Å². The van der Waals surface area contributed by atoms with Gasteiger partial charge in [0.05, 0.1) is 12.7 Å². The summed E-state index contributed by atoms with van der Waals surface area (Å²) in [5.41, 5.74) is -0.961. The van der Waals surface area contributed by atoms with E-state index in [1.54, 1.807) is 0 Å². The summed E-state index contributed by atoms with van der Waals surface area (Å²) in [6.45, 7) is 0. The lowest BCUT2D eigenvalue weighted by molar-refractivity contribution is 0.389. The number of methoxy groups -OCH3 is 1. The first-order chi connectivity index (χ1) is 7.64. The second-order valence-corrected chi connectivity index (χ2v) is 3.67. The number of isocyanates is 1. The quantitative estimate of drug-likeness (QED) is 0.584. The van der Waals surface area contributed by atoms with E-state index in [-0.39, 0.29) is 11.3 Å². The van der Waals surface area contributed by atoms with Gasteiger partial charge in [-0.25, -0.2) is 13.6 Å². The number of ether oxygens (including phenoxy) is 1. The van der Waals surface area contributed by atoms with E-state index in [9.17, 15) is 13.6 Å². The molecular formula is C11H9F2NO2. The summed E-state index contributed by atoms with van der Waals surface area (Å²) in [5.74, 6) is -1.77. The van der Waals surface area contributed by atoms with Crippen molar-refractivity contribution in [2.45, 2.75) is 18.4 Å². The molecular weight excluding hydrogens is 216 g/mol. The Balaban J connectivity index is 2.62. The maximum absolute atomic E-state index is 13.7. The molecule has 0 radical (unpaired) electrons. The van der Waals surface area contributed by atoms with Crippen LogP contribution in [0.3, 0.4) is 0 Å². The normalized spacial score (nSPS) is 16.4. The molecule has 0 saturated heterocycles. The van der Waals surface area contributed by atoms with Crippen molar-refractivity contribution in [1.82, 2.24) is 0 Å². The predicted octanol–water partition coefficient (Wildman–Crippen LogP) is 2.30. The van der Waals surface area contributed by atoms with Crippen molar-refractivity contribution in [2.75, 3.05) is 7.11 Å². The van der Waals surface area contributed by atoms with Crippen molar-refractivity contribution in [1.29, 1.82) is 0 Å². The molecule has 0 atom stereocenters. The highest BCUT2D eigenvalue weighted by molar-refractivity contribution is 5.48. The minimum absolute atomic E-state index is 0.0124. The zero-order valence-corrected chi connectivity index (χ0v) is 8.59. The van der Waals surface area contributed by atoms with Crippen LogP contribution in [-0.2, 0) is 10.3 Å². The molecule has 2 rings (SSSR count). The summed E-state index contributed by atoms with van der Waals surface area (Å²) in [5, 5.41) is 0. The molecule has 0 spiro atoms. The molecule has 0 heterocycles. The van der Waals surface area contributed by atoms with E-state index in [1.807, 2.05) is 0 Å². The van der Waals surface area contributed by atoms with Crippen molar-refractivity contribution < 1.29 is 18.3 Å². The number of benzene rings is 1.